The fourth-order valence-electron chi connectivity index (χ4n) is 4.71. The Morgan fingerprint density at radius 1 is 1.10 bits per heavy atom. The highest BCUT2D eigenvalue weighted by atomic mass is 19.4. The van der Waals surface area contributed by atoms with Gasteiger partial charge in [0, 0.05) is 24.3 Å². The zero-order chi connectivity index (χ0) is 28.6. The molecule has 5 rings (SSSR count). The molecule has 0 bridgehead atoms. The molecule has 0 saturated heterocycles. The lowest BCUT2D eigenvalue weighted by Crippen LogP contribution is -2.24. The van der Waals surface area contributed by atoms with Crippen LogP contribution in [0.2, 0.25) is 0 Å². The first-order valence-corrected chi connectivity index (χ1v) is 12.4. The minimum atomic E-state index is -4.59. The van der Waals surface area contributed by atoms with Gasteiger partial charge < -0.3 is 21.1 Å². The molecular weight excluding hydrogens is 523 g/mol. The largest absolute Gasteiger partial charge is 0.496 e. The number of ether oxygens (including phenoxy) is 1. The van der Waals surface area contributed by atoms with Gasteiger partial charge in [-0.2, -0.15) is 18.3 Å². The molecule has 0 unspecified atom stereocenters. The van der Waals surface area contributed by atoms with Gasteiger partial charge in [0.1, 0.15) is 22.8 Å². The molecule has 1 aromatic heterocycles. The highest BCUT2D eigenvalue weighted by Gasteiger charge is 2.32. The third-order valence-corrected chi connectivity index (χ3v) is 6.76. The normalized spacial score (nSPS) is 12.5. The second kappa shape index (κ2) is 10.4. The van der Waals surface area contributed by atoms with Crippen LogP contribution in [0.25, 0.3) is 11.3 Å². The number of aryl methyl sites for hydroxylation is 3. The Kier molecular flexibility index (Phi) is 6.97. The summed E-state index contributed by atoms with van der Waals surface area (Å²) < 4.78 is 46.2. The standard InChI is InChI=1S/C29H26F3N5O3/c1-16-3-9-22-19(13-16)11-12-37-27(35-22)24(26(33)38)25(36-37)18-6-4-17(5-7-18)15-34-28(39)21-14-20(29(30,31)32)8-10-23(21)40-2/h3-10,13-14,35H,11-12,15H2,1-2H3,(H2,33,38)(H,34,39). The molecular formula is C29H26F3N5O3. The molecule has 0 atom stereocenters. The number of primary amides is 1. The average Bonchev–Trinajstić information content (AvgIpc) is 3.20. The Morgan fingerprint density at radius 2 is 1.85 bits per heavy atom. The first-order valence-electron chi connectivity index (χ1n) is 12.4. The molecule has 2 amide bonds. The Labute approximate surface area is 227 Å². The number of nitrogens with one attached hydrogen (secondary N) is 2. The molecule has 2 heterocycles. The zero-order valence-corrected chi connectivity index (χ0v) is 21.7. The molecule has 0 aliphatic carbocycles. The third kappa shape index (κ3) is 5.22. The minimum Gasteiger partial charge on any atom is -0.496 e. The molecule has 0 radical (unpaired) electrons. The number of nitrogens with two attached hydrogens (primary N) is 1. The van der Waals surface area contributed by atoms with Crippen molar-refractivity contribution >= 4 is 23.3 Å². The van der Waals surface area contributed by atoms with Crippen molar-refractivity contribution in [1.82, 2.24) is 15.1 Å². The number of alkyl halides is 3. The number of aromatic nitrogens is 2. The number of carbonyl (C=O) groups is 2. The third-order valence-electron chi connectivity index (χ3n) is 6.76. The molecule has 206 valence electrons. The van der Waals surface area contributed by atoms with Crippen molar-refractivity contribution in [2.45, 2.75) is 32.6 Å². The average molecular weight is 550 g/mol. The number of amides is 2. The van der Waals surface area contributed by atoms with E-state index in [1.54, 1.807) is 28.9 Å². The van der Waals surface area contributed by atoms with Crippen LogP contribution in [0.15, 0.2) is 60.7 Å². The summed E-state index contributed by atoms with van der Waals surface area (Å²) in [4.78, 5) is 25.2. The number of benzene rings is 3. The molecule has 1 aliphatic heterocycles. The summed E-state index contributed by atoms with van der Waals surface area (Å²) in [6.07, 6.45) is -3.87. The van der Waals surface area contributed by atoms with E-state index in [2.05, 4.69) is 21.8 Å². The maximum Gasteiger partial charge on any atom is 0.416 e. The number of fused-ring (bicyclic) bond motifs is 2. The second-order valence-corrected chi connectivity index (χ2v) is 9.49. The summed E-state index contributed by atoms with van der Waals surface area (Å²) in [6.45, 7) is 2.63. The van der Waals surface area contributed by atoms with Crippen LogP contribution in [0.3, 0.4) is 0 Å². The summed E-state index contributed by atoms with van der Waals surface area (Å²) >= 11 is 0. The molecule has 8 nitrogen and oxygen atoms in total. The van der Waals surface area contributed by atoms with E-state index in [1.165, 1.54) is 7.11 Å². The smallest absolute Gasteiger partial charge is 0.416 e. The summed E-state index contributed by atoms with van der Waals surface area (Å²) in [7, 11) is 1.28. The predicted molar refractivity (Wildman–Crippen MR) is 144 cm³/mol. The number of anilines is 2. The van der Waals surface area contributed by atoms with Crippen LogP contribution in [0, 0.1) is 6.92 Å². The van der Waals surface area contributed by atoms with Crippen molar-refractivity contribution in [2.75, 3.05) is 12.4 Å². The maximum absolute atomic E-state index is 13.1. The number of nitrogens with zero attached hydrogens (tertiary/aromatic N) is 2. The van der Waals surface area contributed by atoms with Crippen LogP contribution in [0.1, 0.15) is 43.0 Å². The van der Waals surface area contributed by atoms with Crippen LogP contribution in [0.5, 0.6) is 5.75 Å². The Balaban J connectivity index is 1.36. The number of methoxy groups -OCH3 is 1. The van der Waals surface area contributed by atoms with Gasteiger partial charge in [0.2, 0.25) is 0 Å². The number of hydrogen-bond acceptors (Lipinski definition) is 5. The second-order valence-electron chi connectivity index (χ2n) is 9.49. The van der Waals surface area contributed by atoms with E-state index >= 15 is 0 Å². The van der Waals surface area contributed by atoms with Crippen LogP contribution < -0.4 is 21.1 Å². The molecule has 40 heavy (non-hydrogen) atoms. The topological polar surface area (TPSA) is 111 Å². The first kappa shape index (κ1) is 26.8. The van der Waals surface area contributed by atoms with Gasteiger partial charge in [-0.3, -0.25) is 9.59 Å². The van der Waals surface area contributed by atoms with E-state index in [0.717, 1.165) is 41.4 Å². The van der Waals surface area contributed by atoms with Crippen molar-refractivity contribution in [1.29, 1.82) is 0 Å². The van der Waals surface area contributed by atoms with Crippen LogP contribution >= 0.6 is 0 Å². The Bertz CT molecular complexity index is 1610. The molecule has 0 spiro atoms. The molecule has 3 aromatic carbocycles. The van der Waals surface area contributed by atoms with Gasteiger partial charge in [0.05, 0.1) is 18.2 Å². The Morgan fingerprint density at radius 3 is 2.52 bits per heavy atom. The van der Waals surface area contributed by atoms with E-state index in [0.29, 0.717) is 29.2 Å². The van der Waals surface area contributed by atoms with Gasteiger partial charge >= 0.3 is 6.18 Å². The van der Waals surface area contributed by atoms with E-state index in [4.69, 9.17) is 10.5 Å². The lowest BCUT2D eigenvalue weighted by Gasteiger charge is -2.13. The Hall–Kier alpha value is -4.80. The quantitative estimate of drug-likeness (QED) is 0.306. The highest BCUT2D eigenvalue weighted by molar-refractivity contribution is 6.04. The van der Waals surface area contributed by atoms with E-state index in [1.807, 2.05) is 19.1 Å². The molecule has 4 aromatic rings. The number of hydrogen-bond donors (Lipinski definition) is 3. The van der Waals surface area contributed by atoms with E-state index in [-0.39, 0.29) is 23.4 Å². The highest BCUT2D eigenvalue weighted by Crippen LogP contribution is 2.35. The minimum absolute atomic E-state index is 0.0331. The molecule has 0 saturated carbocycles. The van der Waals surface area contributed by atoms with Crippen molar-refractivity contribution in [3.05, 3.63) is 94.0 Å². The fourth-order valence-corrected chi connectivity index (χ4v) is 4.71. The van der Waals surface area contributed by atoms with Crippen LogP contribution in [-0.2, 0) is 25.7 Å². The molecule has 4 N–H and O–H groups in total. The first-order chi connectivity index (χ1) is 19.0. The van der Waals surface area contributed by atoms with Gasteiger partial charge in [-0.15, -0.1) is 0 Å². The van der Waals surface area contributed by atoms with Crippen LogP contribution in [0.4, 0.5) is 24.7 Å². The van der Waals surface area contributed by atoms with Gasteiger partial charge in [0.15, 0.2) is 0 Å². The fraction of sp³-hybridized carbons (Fsp3) is 0.207. The molecule has 0 fully saturated rings. The van der Waals surface area contributed by atoms with E-state index in [9.17, 15) is 22.8 Å². The SMILES string of the molecule is COc1ccc(C(F)(F)F)cc1C(=O)NCc1ccc(-c2nn3c(c2C(N)=O)Nc2ccc(C)cc2CC3)cc1. The molecule has 1 aliphatic rings. The van der Waals surface area contributed by atoms with Gasteiger partial charge in [0.25, 0.3) is 11.8 Å². The van der Waals surface area contributed by atoms with Crippen molar-refractivity contribution in [2.24, 2.45) is 5.73 Å². The van der Waals surface area contributed by atoms with Gasteiger partial charge in [-0.05, 0) is 48.7 Å². The monoisotopic (exact) mass is 549 g/mol. The predicted octanol–water partition coefficient (Wildman–Crippen LogP) is 5.21. The number of rotatable bonds is 6. The maximum atomic E-state index is 13.1. The van der Waals surface area contributed by atoms with Gasteiger partial charge in [-0.25, -0.2) is 4.68 Å². The summed E-state index contributed by atoms with van der Waals surface area (Å²) in [5.74, 6) is -0.768. The summed E-state index contributed by atoms with van der Waals surface area (Å²) in [5, 5.41) is 10.6. The lowest BCUT2D eigenvalue weighted by molar-refractivity contribution is -0.137. The van der Waals surface area contributed by atoms with Crippen molar-refractivity contribution in [3.8, 4) is 17.0 Å². The summed E-state index contributed by atoms with van der Waals surface area (Å²) in [5.41, 5.74) is 9.80. The molecule has 11 heteroatoms. The van der Waals surface area contributed by atoms with Crippen molar-refractivity contribution in [3.63, 3.8) is 0 Å². The van der Waals surface area contributed by atoms with Gasteiger partial charge in [-0.1, -0.05) is 42.0 Å². The number of carbonyl (C=O) groups excluding carboxylic acids is 2. The van der Waals surface area contributed by atoms with Crippen molar-refractivity contribution < 1.29 is 27.5 Å². The number of halogens is 3. The lowest BCUT2D eigenvalue weighted by atomic mass is 10.0. The summed E-state index contributed by atoms with van der Waals surface area (Å²) in [6, 6.07) is 15.8. The van der Waals surface area contributed by atoms with Crippen LogP contribution in [-0.4, -0.2) is 28.7 Å². The zero-order valence-electron chi connectivity index (χ0n) is 21.7. The van der Waals surface area contributed by atoms with E-state index < -0.39 is 23.6 Å².